The van der Waals surface area contributed by atoms with Crippen molar-refractivity contribution in [2.24, 2.45) is 4.99 Å². The number of rotatable bonds is 10. The number of methoxy groups -OCH3 is 2. The molecule has 1 atom stereocenters. The first kappa shape index (κ1) is 28.6. The van der Waals surface area contributed by atoms with E-state index in [0.29, 0.717) is 31.4 Å². The van der Waals surface area contributed by atoms with Crippen LogP contribution >= 0.6 is 22.9 Å². The summed E-state index contributed by atoms with van der Waals surface area (Å²) >= 11 is 7.41. The van der Waals surface area contributed by atoms with Crippen molar-refractivity contribution in [1.82, 2.24) is 4.57 Å². The quantitative estimate of drug-likeness (QED) is 0.272. The molecule has 1 unspecified atom stereocenters. The molecule has 39 heavy (non-hydrogen) atoms. The maximum Gasteiger partial charge on any atom is 0.338 e. The van der Waals surface area contributed by atoms with Gasteiger partial charge in [0.05, 0.1) is 35.6 Å². The lowest BCUT2D eigenvalue weighted by Crippen LogP contribution is -2.40. The number of nitrogens with zero attached hydrogens (tertiary/aromatic N) is 3. The third kappa shape index (κ3) is 5.95. The Morgan fingerprint density at radius 3 is 2.49 bits per heavy atom. The van der Waals surface area contributed by atoms with Crippen LogP contribution in [-0.4, -0.2) is 51.1 Å². The molecule has 1 aliphatic heterocycles. The zero-order chi connectivity index (χ0) is 28.1. The second kappa shape index (κ2) is 12.6. The van der Waals surface area contributed by atoms with Crippen LogP contribution in [0.1, 0.15) is 37.9 Å². The van der Waals surface area contributed by atoms with Gasteiger partial charge in [0.1, 0.15) is 12.4 Å². The molecule has 206 valence electrons. The largest absolute Gasteiger partial charge is 0.496 e. The van der Waals surface area contributed by atoms with Gasteiger partial charge in [-0.3, -0.25) is 9.36 Å². The first-order valence-corrected chi connectivity index (χ1v) is 13.9. The van der Waals surface area contributed by atoms with E-state index in [4.69, 9.17) is 25.8 Å². The number of ether oxygens (including phenoxy) is 3. The summed E-state index contributed by atoms with van der Waals surface area (Å²) in [5, 5.41) is 0.552. The molecule has 2 aromatic carbocycles. The van der Waals surface area contributed by atoms with Crippen molar-refractivity contribution in [3.63, 3.8) is 0 Å². The Hall–Kier alpha value is -3.40. The molecule has 0 saturated heterocycles. The molecule has 0 aliphatic carbocycles. The molecule has 1 aromatic heterocycles. The van der Waals surface area contributed by atoms with Gasteiger partial charge < -0.3 is 19.1 Å². The van der Waals surface area contributed by atoms with Crippen LogP contribution in [0.2, 0.25) is 5.02 Å². The monoisotopic (exact) mass is 569 g/mol. The van der Waals surface area contributed by atoms with E-state index in [2.05, 4.69) is 23.7 Å². The van der Waals surface area contributed by atoms with Crippen molar-refractivity contribution >= 4 is 40.7 Å². The molecule has 10 heteroatoms. The topological polar surface area (TPSA) is 82.4 Å². The number of hydrogen-bond donors (Lipinski definition) is 0. The van der Waals surface area contributed by atoms with Crippen molar-refractivity contribution in [3.8, 4) is 5.75 Å². The van der Waals surface area contributed by atoms with E-state index in [1.54, 1.807) is 42.9 Å². The third-order valence-electron chi connectivity index (χ3n) is 6.58. The number of aromatic nitrogens is 1. The molecule has 0 radical (unpaired) electrons. The van der Waals surface area contributed by atoms with E-state index in [0.717, 1.165) is 29.9 Å². The van der Waals surface area contributed by atoms with Gasteiger partial charge in [0.2, 0.25) is 0 Å². The molecule has 0 N–H and O–H groups in total. The van der Waals surface area contributed by atoms with E-state index in [1.807, 2.05) is 24.3 Å². The lowest BCUT2D eigenvalue weighted by atomic mass is 9.96. The fourth-order valence-electron chi connectivity index (χ4n) is 4.58. The standard InChI is InChI=1S/C29H32ClN3O5S/c1-6-32(7-2)22-13-10-20(23(17-22)37-5)16-24-27(34)33-26(19-8-11-21(30)12-9-19)25(18(3)31-29(33)39-24)28(35)38-15-14-36-4/h8-13,16-17,26H,6-7,14-15H2,1-5H3. The highest BCUT2D eigenvalue weighted by Gasteiger charge is 2.33. The van der Waals surface area contributed by atoms with Crippen molar-refractivity contribution in [1.29, 1.82) is 0 Å². The van der Waals surface area contributed by atoms with Gasteiger partial charge in [-0.2, -0.15) is 0 Å². The Bertz CT molecular complexity index is 1550. The van der Waals surface area contributed by atoms with Gasteiger partial charge in [-0.25, -0.2) is 9.79 Å². The fraction of sp³-hybridized carbons (Fsp3) is 0.345. The Labute approximate surface area is 236 Å². The number of fused-ring (bicyclic) bond motifs is 1. The number of anilines is 1. The lowest BCUT2D eigenvalue weighted by molar-refractivity contribution is -0.140. The smallest absolute Gasteiger partial charge is 0.338 e. The van der Waals surface area contributed by atoms with Crippen molar-refractivity contribution in [2.45, 2.75) is 26.8 Å². The molecule has 8 nitrogen and oxygen atoms in total. The minimum atomic E-state index is -0.720. The van der Waals surface area contributed by atoms with Gasteiger partial charge >= 0.3 is 5.97 Å². The van der Waals surface area contributed by atoms with Crippen molar-refractivity contribution in [2.75, 3.05) is 45.4 Å². The zero-order valence-corrected chi connectivity index (χ0v) is 24.3. The fourth-order valence-corrected chi connectivity index (χ4v) is 5.75. The number of carbonyl (C=O) groups excluding carboxylic acids is 1. The second-order valence-electron chi connectivity index (χ2n) is 8.86. The minimum absolute atomic E-state index is 0.0904. The molecule has 0 fully saturated rings. The summed E-state index contributed by atoms with van der Waals surface area (Å²) in [7, 11) is 3.15. The summed E-state index contributed by atoms with van der Waals surface area (Å²) in [6.45, 7) is 8.06. The molecule has 0 amide bonds. The molecule has 2 heterocycles. The average molecular weight is 570 g/mol. The lowest BCUT2D eigenvalue weighted by Gasteiger charge is -2.24. The maximum absolute atomic E-state index is 13.9. The Balaban J connectivity index is 1.86. The van der Waals surface area contributed by atoms with Gasteiger partial charge in [0.25, 0.3) is 5.56 Å². The molecule has 4 rings (SSSR count). The van der Waals surface area contributed by atoms with Crippen molar-refractivity contribution < 1.29 is 19.0 Å². The first-order valence-electron chi connectivity index (χ1n) is 12.7. The molecule has 3 aromatic rings. The highest BCUT2D eigenvalue weighted by molar-refractivity contribution is 7.07. The predicted octanol–water partition coefficient (Wildman–Crippen LogP) is 3.93. The number of hydrogen-bond acceptors (Lipinski definition) is 8. The molecular weight excluding hydrogens is 538 g/mol. The molecule has 1 aliphatic rings. The summed E-state index contributed by atoms with van der Waals surface area (Å²) in [6.07, 6.45) is 1.81. The summed E-state index contributed by atoms with van der Waals surface area (Å²) in [5.74, 6) is 0.120. The van der Waals surface area contributed by atoms with Crippen LogP contribution in [0.15, 0.2) is 63.5 Å². The number of halogens is 1. The van der Waals surface area contributed by atoms with E-state index in [-0.39, 0.29) is 18.8 Å². The van der Waals surface area contributed by atoms with Crippen LogP contribution < -0.4 is 24.5 Å². The summed E-state index contributed by atoms with van der Waals surface area (Å²) < 4.78 is 18.2. The van der Waals surface area contributed by atoms with E-state index in [1.165, 1.54) is 18.4 Å². The number of carbonyl (C=O) groups is 1. The van der Waals surface area contributed by atoms with Crippen LogP contribution in [0.4, 0.5) is 5.69 Å². The maximum atomic E-state index is 13.9. The zero-order valence-electron chi connectivity index (χ0n) is 22.7. The van der Waals surface area contributed by atoms with Gasteiger partial charge in [0.15, 0.2) is 4.80 Å². The summed E-state index contributed by atoms with van der Waals surface area (Å²) in [5.41, 5.74) is 3.08. The number of esters is 1. The Kier molecular flexibility index (Phi) is 9.27. The molecule has 0 spiro atoms. The number of benzene rings is 2. The molecular formula is C29H32ClN3O5S. The molecule has 0 bridgehead atoms. The number of allylic oxidation sites excluding steroid dienone is 1. The highest BCUT2D eigenvalue weighted by Crippen LogP contribution is 2.31. The van der Waals surface area contributed by atoms with Crippen LogP contribution in [0.5, 0.6) is 5.75 Å². The Morgan fingerprint density at radius 2 is 1.85 bits per heavy atom. The average Bonchev–Trinajstić information content (AvgIpc) is 3.23. The number of thiazole rings is 1. The van der Waals surface area contributed by atoms with Crippen LogP contribution in [0.3, 0.4) is 0 Å². The highest BCUT2D eigenvalue weighted by atomic mass is 35.5. The summed E-state index contributed by atoms with van der Waals surface area (Å²) in [4.78, 5) is 34.5. The minimum Gasteiger partial charge on any atom is -0.496 e. The van der Waals surface area contributed by atoms with E-state index < -0.39 is 12.0 Å². The Morgan fingerprint density at radius 1 is 1.13 bits per heavy atom. The van der Waals surface area contributed by atoms with Crippen LogP contribution in [0, 0.1) is 0 Å². The van der Waals surface area contributed by atoms with Crippen LogP contribution in [-0.2, 0) is 14.3 Å². The van der Waals surface area contributed by atoms with Gasteiger partial charge in [-0.15, -0.1) is 0 Å². The third-order valence-corrected chi connectivity index (χ3v) is 7.82. The van der Waals surface area contributed by atoms with Crippen molar-refractivity contribution in [3.05, 3.63) is 89.6 Å². The predicted molar refractivity (Wildman–Crippen MR) is 155 cm³/mol. The van der Waals surface area contributed by atoms with E-state index in [9.17, 15) is 9.59 Å². The van der Waals surface area contributed by atoms with Gasteiger partial charge in [0, 0.05) is 42.5 Å². The summed E-state index contributed by atoms with van der Waals surface area (Å²) in [6, 6.07) is 12.3. The van der Waals surface area contributed by atoms with E-state index >= 15 is 0 Å². The van der Waals surface area contributed by atoms with Crippen LogP contribution in [0.25, 0.3) is 6.08 Å². The van der Waals surface area contributed by atoms with Gasteiger partial charge in [-0.05, 0) is 56.7 Å². The second-order valence-corrected chi connectivity index (χ2v) is 10.3. The molecule has 0 saturated carbocycles. The SMILES string of the molecule is CCN(CC)c1ccc(C=c2sc3n(c2=O)C(c2ccc(Cl)cc2)C(C(=O)OCCOC)=C(C)N=3)c(OC)c1. The normalized spacial score (nSPS) is 15.1. The van der Waals surface area contributed by atoms with Gasteiger partial charge in [-0.1, -0.05) is 35.1 Å². The first-order chi connectivity index (χ1) is 18.8.